The Morgan fingerprint density at radius 2 is 1.48 bits per heavy atom. The first-order valence-electron chi connectivity index (χ1n) is 9.34. The van der Waals surface area contributed by atoms with Crippen molar-refractivity contribution in [2.24, 2.45) is 27.6 Å². The molecule has 0 aromatic rings. The number of ether oxygens (including phenoxy) is 4. The highest BCUT2D eigenvalue weighted by molar-refractivity contribution is 5.36. The van der Waals surface area contributed by atoms with E-state index in [9.17, 15) is 0 Å². The molecule has 2 heterocycles. The van der Waals surface area contributed by atoms with Gasteiger partial charge in [-0.25, -0.2) is 0 Å². The van der Waals surface area contributed by atoms with Crippen molar-refractivity contribution in [3.63, 3.8) is 0 Å². The van der Waals surface area contributed by atoms with Crippen molar-refractivity contribution in [1.29, 1.82) is 0 Å². The van der Waals surface area contributed by atoms with Gasteiger partial charge in [0.15, 0.2) is 0 Å². The molecule has 4 nitrogen and oxygen atoms in total. The van der Waals surface area contributed by atoms with Crippen LogP contribution in [0.25, 0.3) is 0 Å². The Morgan fingerprint density at radius 1 is 0.913 bits per heavy atom. The van der Waals surface area contributed by atoms with E-state index in [1.54, 1.807) is 0 Å². The van der Waals surface area contributed by atoms with Crippen molar-refractivity contribution in [3.8, 4) is 0 Å². The minimum Gasteiger partial charge on any atom is -0.378 e. The maximum Gasteiger partial charge on any atom is 0.104 e. The van der Waals surface area contributed by atoms with Crippen LogP contribution in [0.5, 0.6) is 0 Å². The van der Waals surface area contributed by atoms with Crippen molar-refractivity contribution >= 4 is 0 Å². The number of hydrogen-bond acceptors (Lipinski definition) is 4. The SMILES string of the molecule is CC1(C)C2CC(COCC3CO3)(COCC3CO3)C3(C)CCC213. The Bertz CT molecular complexity index is 491. The molecule has 5 aliphatic rings. The van der Waals surface area contributed by atoms with Gasteiger partial charge in [0.05, 0.1) is 39.6 Å². The van der Waals surface area contributed by atoms with Crippen LogP contribution in [0.2, 0.25) is 0 Å². The first-order valence-corrected chi connectivity index (χ1v) is 9.34. The van der Waals surface area contributed by atoms with E-state index < -0.39 is 0 Å². The topological polar surface area (TPSA) is 43.5 Å². The van der Waals surface area contributed by atoms with Crippen LogP contribution >= 0.6 is 0 Å². The fourth-order valence-corrected chi connectivity index (χ4v) is 6.69. The summed E-state index contributed by atoms with van der Waals surface area (Å²) in [6.07, 6.45) is 4.71. The van der Waals surface area contributed by atoms with E-state index >= 15 is 0 Å². The molecule has 3 aliphatic carbocycles. The Balaban J connectivity index is 1.32. The standard InChI is InChI=1S/C19H30O4/c1-16(2)15-6-18(11-20-7-13-9-22-13,12-21-8-14-10-23-14)17(3)4-5-19(15,16)17/h13-15H,4-12H2,1-3H3. The van der Waals surface area contributed by atoms with Crippen molar-refractivity contribution in [2.45, 2.75) is 52.2 Å². The zero-order chi connectivity index (χ0) is 15.9. The van der Waals surface area contributed by atoms with Crippen LogP contribution in [0.4, 0.5) is 0 Å². The lowest BCUT2D eigenvalue weighted by atomic mass is 9.47. The second-order valence-electron chi connectivity index (χ2n) is 9.50. The summed E-state index contributed by atoms with van der Waals surface area (Å²) >= 11 is 0. The quantitative estimate of drug-likeness (QED) is 0.644. The maximum atomic E-state index is 6.13. The molecule has 130 valence electrons. The molecule has 1 spiro atoms. The van der Waals surface area contributed by atoms with E-state index in [0.29, 0.717) is 28.5 Å². The van der Waals surface area contributed by atoms with E-state index in [-0.39, 0.29) is 5.41 Å². The van der Waals surface area contributed by atoms with Crippen LogP contribution in [0.15, 0.2) is 0 Å². The molecule has 0 aromatic carbocycles. The van der Waals surface area contributed by atoms with Gasteiger partial charge in [-0.15, -0.1) is 0 Å². The van der Waals surface area contributed by atoms with Gasteiger partial charge in [0.1, 0.15) is 12.2 Å². The molecule has 0 N–H and O–H groups in total. The number of epoxide rings is 2. The van der Waals surface area contributed by atoms with Crippen LogP contribution in [0, 0.1) is 27.6 Å². The Morgan fingerprint density at radius 3 is 1.87 bits per heavy atom. The summed E-state index contributed by atoms with van der Waals surface area (Å²) in [5, 5.41) is 0. The van der Waals surface area contributed by atoms with Crippen molar-refractivity contribution < 1.29 is 18.9 Å². The summed E-state index contributed by atoms with van der Waals surface area (Å²) in [5.74, 6) is 0.857. The predicted molar refractivity (Wildman–Crippen MR) is 85.2 cm³/mol. The summed E-state index contributed by atoms with van der Waals surface area (Å²) in [4.78, 5) is 0. The molecule has 0 amide bonds. The molecule has 5 fully saturated rings. The van der Waals surface area contributed by atoms with Gasteiger partial charge in [0, 0.05) is 5.41 Å². The van der Waals surface area contributed by atoms with E-state index in [2.05, 4.69) is 20.8 Å². The monoisotopic (exact) mass is 322 g/mol. The Hall–Kier alpha value is -0.160. The van der Waals surface area contributed by atoms with Gasteiger partial charge >= 0.3 is 0 Å². The normalized spacial score (nSPS) is 54.1. The second kappa shape index (κ2) is 4.51. The maximum absolute atomic E-state index is 6.13. The van der Waals surface area contributed by atoms with Gasteiger partial charge in [-0.3, -0.25) is 0 Å². The Labute approximate surface area is 139 Å². The number of rotatable bonds is 8. The van der Waals surface area contributed by atoms with Gasteiger partial charge in [-0.2, -0.15) is 0 Å². The molecular weight excluding hydrogens is 292 g/mol. The lowest BCUT2D eigenvalue weighted by molar-refractivity contribution is -0.161. The minimum absolute atomic E-state index is 0.190. The lowest BCUT2D eigenvalue weighted by Gasteiger charge is -2.58. The highest BCUT2D eigenvalue weighted by atomic mass is 16.6. The summed E-state index contributed by atoms with van der Waals surface area (Å²) in [7, 11) is 0. The lowest BCUT2D eigenvalue weighted by Crippen LogP contribution is -2.56. The van der Waals surface area contributed by atoms with E-state index in [1.165, 1.54) is 19.3 Å². The molecule has 23 heavy (non-hydrogen) atoms. The highest BCUT2D eigenvalue weighted by Gasteiger charge is 2.89. The van der Waals surface area contributed by atoms with Crippen molar-refractivity contribution in [1.82, 2.24) is 0 Å². The summed E-state index contributed by atoms with van der Waals surface area (Å²) < 4.78 is 22.9. The van der Waals surface area contributed by atoms with Gasteiger partial charge in [-0.05, 0) is 41.4 Å². The smallest absolute Gasteiger partial charge is 0.104 e. The van der Waals surface area contributed by atoms with E-state index in [1.807, 2.05) is 0 Å². The first kappa shape index (κ1) is 15.1. The molecule has 5 rings (SSSR count). The summed E-state index contributed by atoms with van der Waals surface area (Å²) in [6, 6.07) is 0. The van der Waals surface area contributed by atoms with Crippen LogP contribution in [-0.2, 0) is 18.9 Å². The highest BCUT2D eigenvalue weighted by Crippen LogP contribution is 2.94. The third-order valence-corrected chi connectivity index (χ3v) is 8.47. The molecule has 0 aromatic heterocycles. The minimum atomic E-state index is 0.190. The molecule has 5 unspecified atom stereocenters. The fraction of sp³-hybridized carbons (Fsp3) is 1.00. The van der Waals surface area contributed by atoms with Crippen LogP contribution in [0.3, 0.4) is 0 Å². The molecule has 2 aliphatic heterocycles. The summed E-state index contributed by atoms with van der Waals surface area (Å²) in [6.45, 7) is 12.4. The second-order valence-corrected chi connectivity index (χ2v) is 9.50. The van der Waals surface area contributed by atoms with Crippen LogP contribution in [0.1, 0.15) is 40.0 Å². The third kappa shape index (κ3) is 1.81. The summed E-state index contributed by atoms with van der Waals surface area (Å²) in [5.41, 5.74) is 1.64. The van der Waals surface area contributed by atoms with Crippen LogP contribution < -0.4 is 0 Å². The molecule has 0 radical (unpaired) electrons. The van der Waals surface area contributed by atoms with E-state index in [4.69, 9.17) is 18.9 Å². The zero-order valence-corrected chi connectivity index (χ0v) is 14.7. The van der Waals surface area contributed by atoms with Gasteiger partial charge in [-0.1, -0.05) is 20.8 Å². The Kier molecular flexibility index (Phi) is 2.97. The largest absolute Gasteiger partial charge is 0.378 e. The average molecular weight is 322 g/mol. The van der Waals surface area contributed by atoms with Gasteiger partial charge in [0.25, 0.3) is 0 Å². The number of hydrogen-bond donors (Lipinski definition) is 0. The zero-order valence-electron chi connectivity index (χ0n) is 14.7. The molecule has 2 saturated heterocycles. The molecule has 5 atom stereocenters. The molecule has 4 heteroatoms. The van der Waals surface area contributed by atoms with Crippen LogP contribution in [-0.4, -0.2) is 51.8 Å². The molecule has 0 bridgehead atoms. The average Bonchev–Trinajstić information content (AvgIpc) is 3.34. The van der Waals surface area contributed by atoms with Gasteiger partial charge in [0.2, 0.25) is 0 Å². The van der Waals surface area contributed by atoms with Crippen molar-refractivity contribution in [2.75, 3.05) is 39.6 Å². The first-order chi connectivity index (χ1) is 11.0. The fourth-order valence-electron chi connectivity index (χ4n) is 6.69. The third-order valence-electron chi connectivity index (χ3n) is 8.47. The van der Waals surface area contributed by atoms with E-state index in [0.717, 1.165) is 45.6 Å². The van der Waals surface area contributed by atoms with Crippen molar-refractivity contribution in [3.05, 3.63) is 0 Å². The van der Waals surface area contributed by atoms with Gasteiger partial charge < -0.3 is 18.9 Å². The molecular formula is C19H30O4. The molecule has 3 saturated carbocycles. The predicted octanol–water partition coefficient (Wildman–Crippen LogP) is 2.65.